The molecule has 3 nitrogen and oxygen atoms in total. The zero-order valence-corrected chi connectivity index (χ0v) is 8.01. The molecular formula is C9H18NO2-. The molecule has 0 saturated carbocycles. The van der Waals surface area contributed by atoms with Crippen molar-refractivity contribution in [2.75, 3.05) is 13.1 Å². The summed E-state index contributed by atoms with van der Waals surface area (Å²) in [7, 11) is 0. The summed E-state index contributed by atoms with van der Waals surface area (Å²) in [6.45, 7) is 5.35. The summed E-state index contributed by atoms with van der Waals surface area (Å²) < 4.78 is 0. The van der Waals surface area contributed by atoms with E-state index in [1.54, 1.807) is 0 Å². The molecule has 72 valence electrons. The minimum absolute atomic E-state index is 0.624. The van der Waals surface area contributed by atoms with Gasteiger partial charge in [-0.05, 0) is 12.8 Å². The molecule has 1 amide bonds. The number of hydrogen-bond donors (Lipinski definition) is 0. The standard InChI is InChI=1S/C9H19NO2/c1-3-5-7-10(9(11)12)8-6-4-2/h3-8H2,1-2H3,(H,11,12)/p-1. The molecule has 0 N–H and O–H groups in total. The van der Waals surface area contributed by atoms with Crippen molar-refractivity contribution in [3.63, 3.8) is 0 Å². The monoisotopic (exact) mass is 172 g/mol. The molecule has 0 aliphatic carbocycles. The molecule has 0 aliphatic rings. The molecule has 0 aliphatic heterocycles. The van der Waals surface area contributed by atoms with Crippen LogP contribution in [0.3, 0.4) is 0 Å². The molecule has 12 heavy (non-hydrogen) atoms. The first kappa shape index (κ1) is 11.3. The molecule has 0 heterocycles. The van der Waals surface area contributed by atoms with Gasteiger partial charge in [0, 0.05) is 13.1 Å². The fourth-order valence-corrected chi connectivity index (χ4v) is 0.992. The molecule has 0 aromatic heterocycles. The zero-order valence-electron chi connectivity index (χ0n) is 8.01. The lowest BCUT2D eigenvalue weighted by Crippen LogP contribution is -2.42. The number of carbonyl (C=O) groups is 1. The summed E-state index contributed by atoms with van der Waals surface area (Å²) >= 11 is 0. The van der Waals surface area contributed by atoms with E-state index in [1.807, 2.05) is 13.8 Å². The van der Waals surface area contributed by atoms with Crippen LogP contribution in [0.15, 0.2) is 0 Å². The molecule has 0 aromatic rings. The van der Waals surface area contributed by atoms with Crippen LogP contribution in [0, 0.1) is 0 Å². The Kier molecular flexibility index (Phi) is 6.53. The van der Waals surface area contributed by atoms with Gasteiger partial charge >= 0.3 is 0 Å². The smallest absolute Gasteiger partial charge is 0.136 e. The third kappa shape index (κ3) is 4.99. The van der Waals surface area contributed by atoms with Gasteiger partial charge in [0.05, 0.1) is 0 Å². The lowest BCUT2D eigenvalue weighted by Gasteiger charge is -2.24. The molecule has 0 spiro atoms. The van der Waals surface area contributed by atoms with E-state index < -0.39 is 6.09 Å². The molecule has 0 unspecified atom stereocenters. The van der Waals surface area contributed by atoms with Crippen LogP contribution in [0.5, 0.6) is 0 Å². The Morgan fingerprint density at radius 2 is 1.58 bits per heavy atom. The number of rotatable bonds is 6. The van der Waals surface area contributed by atoms with Gasteiger partial charge in [-0.2, -0.15) is 0 Å². The predicted molar refractivity (Wildman–Crippen MR) is 46.8 cm³/mol. The van der Waals surface area contributed by atoms with Crippen LogP contribution in [0.4, 0.5) is 4.79 Å². The van der Waals surface area contributed by atoms with Crippen molar-refractivity contribution < 1.29 is 9.90 Å². The van der Waals surface area contributed by atoms with Gasteiger partial charge in [0.1, 0.15) is 6.09 Å². The van der Waals surface area contributed by atoms with E-state index in [1.165, 1.54) is 4.90 Å². The van der Waals surface area contributed by atoms with Crippen molar-refractivity contribution in [3.8, 4) is 0 Å². The highest BCUT2D eigenvalue weighted by Crippen LogP contribution is 1.97. The van der Waals surface area contributed by atoms with Gasteiger partial charge in [0.25, 0.3) is 0 Å². The second kappa shape index (κ2) is 6.95. The maximum Gasteiger partial charge on any atom is 0.136 e. The van der Waals surface area contributed by atoms with E-state index in [-0.39, 0.29) is 0 Å². The molecule has 0 fully saturated rings. The molecule has 0 aromatic carbocycles. The third-order valence-electron chi connectivity index (χ3n) is 1.82. The number of carboxylic acid groups (broad SMARTS) is 1. The van der Waals surface area contributed by atoms with E-state index in [2.05, 4.69) is 0 Å². The van der Waals surface area contributed by atoms with Crippen molar-refractivity contribution in [1.29, 1.82) is 0 Å². The number of amides is 1. The Labute approximate surface area is 74.4 Å². The van der Waals surface area contributed by atoms with Crippen molar-refractivity contribution in [2.45, 2.75) is 39.5 Å². The largest absolute Gasteiger partial charge is 0.530 e. The van der Waals surface area contributed by atoms with Crippen LogP contribution in [0.1, 0.15) is 39.5 Å². The zero-order chi connectivity index (χ0) is 9.40. The van der Waals surface area contributed by atoms with Crippen LogP contribution in [0.2, 0.25) is 0 Å². The van der Waals surface area contributed by atoms with Crippen molar-refractivity contribution in [1.82, 2.24) is 4.90 Å². The number of nitrogens with zero attached hydrogens (tertiary/aromatic N) is 1. The molecule has 3 heteroatoms. The Morgan fingerprint density at radius 1 is 1.17 bits per heavy atom. The summed E-state index contributed by atoms with van der Waals surface area (Å²) in [4.78, 5) is 11.9. The normalized spacial score (nSPS) is 9.83. The summed E-state index contributed by atoms with van der Waals surface area (Å²) in [5, 5.41) is 10.5. The predicted octanol–water partition coefficient (Wildman–Crippen LogP) is 1.23. The van der Waals surface area contributed by atoms with Gasteiger partial charge in [-0.25, -0.2) is 0 Å². The highest BCUT2D eigenvalue weighted by Gasteiger charge is 2.01. The Bertz CT molecular complexity index is 118. The van der Waals surface area contributed by atoms with Gasteiger partial charge in [0.2, 0.25) is 0 Å². The Balaban J connectivity index is 3.62. The average molecular weight is 172 g/mol. The van der Waals surface area contributed by atoms with Crippen LogP contribution in [0.25, 0.3) is 0 Å². The molecule has 0 atom stereocenters. The summed E-state index contributed by atoms with van der Waals surface area (Å²) in [6, 6.07) is 0. The van der Waals surface area contributed by atoms with Crippen LogP contribution in [-0.2, 0) is 0 Å². The van der Waals surface area contributed by atoms with E-state index in [0.717, 1.165) is 25.7 Å². The molecule has 0 saturated heterocycles. The van der Waals surface area contributed by atoms with E-state index in [4.69, 9.17) is 0 Å². The van der Waals surface area contributed by atoms with Crippen molar-refractivity contribution in [2.24, 2.45) is 0 Å². The van der Waals surface area contributed by atoms with Gasteiger partial charge in [-0.15, -0.1) is 0 Å². The SMILES string of the molecule is CCCCN(CCCC)C(=O)[O-]. The molecule has 0 rings (SSSR count). The quantitative estimate of drug-likeness (QED) is 0.605. The molecule has 0 bridgehead atoms. The van der Waals surface area contributed by atoms with Crippen LogP contribution >= 0.6 is 0 Å². The minimum atomic E-state index is -1.03. The van der Waals surface area contributed by atoms with E-state index in [9.17, 15) is 9.90 Å². The first-order valence-corrected chi connectivity index (χ1v) is 4.68. The third-order valence-corrected chi connectivity index (χ3v) is 1.82. The Hall–Kier alpha value is -0.730. The maximum atomic E-state index is 10.5. The number of hydrogen-bond acceptors (Lipinski definition) is 2. The van der Waals surface area contributed by atoms with Gasteiger partial charge in [-0.1, -0.05) is 26.7 Å². The lowest BCUT2D eigenvalue weighted by molar-refractivity contribution is -0.265. The first-order chi connectivity index (χ1) is 5.72. The van der Waals surface area contributed by atoms with E-state index in [0.29, 0.717) is 13.1 Å². The second-order valence-corrected chi connectivity index (χ2v) is 2.96. The maximum absolute atomic E-state index is 10.5. The lowest BCUT2D eigenvalue weighted by atomic mass is 10.3. The van der Waals surface area contributed by atoms with Crippen molar-refractivity contribution >= 4 is 6.09 Å². The number of unbranched alkanes of at least 4 members (excludes halogenated alkanes) is 2. The summed E-state index contributed by atoms with van der Waals surface area (Å²) in [5.41, 5.74) is 0. The number of carbonyl (C=O) groups excluding carboxylic acids is 1. The first-order valence-electron chi connectivity index (χ1n) is 4.68. The summed E-state index contributed by atoms with van der Waals surface area (Å²) in [5.74, 6) is 0. The van der Waals surface area contributed by atoms with E-state index >= 15 is 0 Å². The van der Waals surface area contributed by atoms with Crippen molar-refractivity contribution in [3.05, 3.63) is 0 Å². The summed E-state index contributed by atoms with van der Waals surface area (Å²) in [6.07, 6.45) is 2.87. The molecular weight excluding hydrogens is 154 g/mol. The highest BCUT2D eigenvalue weighted by atomic mass is 16.4. The minimum Gasteiger partial charge on any atom is -0.530 e. The topological polar surface area (TPSA) is 43.4 Å². The highest BCUT2D eigenvalue weighted by molar-refractivity contribution is 5.62. The van der Waals surface area contributed by atoms with Crippen LogP contribution < -0.4 is 5.11 Å². The van der Waals surface area contributed by atoms with Gasteiger partial charge in [0.15, 0.2) is 0 Å². The van der Waals surface area contributed by atoms with Gasteiger partial charge < -0.3 is 14.8 Å². The fourth-order valence-electron chi connectivity index (χ4n) is 0.992. The second-order valence-electron chi connectivity index (χ2n) is 2.96. The average Bonchev–Trinajstić information content (AvgIpc) is 2.04. The molecule has 0 radical (unpaired) electrons. The van der Waals surface area contributed by atoms with Gasteiger partial charge in [-0.3, -0.25) is 0 Å². The Morgan fingerprint density at radius 3 is 1.83 bits per heavy atom. The fraction of sp³-hybridized carbons (Fsp3) is 0.889. The van der Waals surface area contributed by atoms with Crippen LogP contribution in [-0.4, -0.2) is 24.1 Å².